The van der Waals surface area contributed by atoms with Gasteiger partial charge in [0.15, 0.2) is 0 Å². The second-order valence-corrected chi connectivity index (χ2v) is 6.31. The Morgan fingerprint density at radius 1 is 0.913 bits per heavy atom. The summed E-state index contributed by atoms with van der Waals surface area (Å²) in [7, 11) is 0. The number of hydrogen-bond donors (Lipinski definition) is 0. The predicted molar refractivity (Wildman–Crippen MR) is 99.4 cm³/mol. The highest BCUT2D eigenvalue weighted by Gasteiger charge is 2.12. The van der Waals surface area contributed by atoms with Crippen LogP contribution < -0.4 is 4.74 Å². The molecule has 0 heterocycles. The van der Waals surface area contributed by atoms with Gasteiger partial charge in [0.2, 0.25) is 0 Å². The summed E-state index contributed by atoms with van der Waals surface area (Å²) >= 11 is 0. The first-order chi connectivity index (χ1) is 11.2. The van der Waals surface area contributed by atoms with E-state index in [1.54, 1.807) is 0 Å². The van der Waals surface area contributed by atoms with Gasteiger partial charge in [-0.3, -0.25) is 0 Å². The molecule has 0 fully saturated rings. The van der Waals surface area contributed by atoms with E-state index in [1.165, 1.54) is 47.9 Å². The van der Waals surface area contributed by atoms with Crippen LogP contribution in [0.1, 0.15) is 61.8 Å². The molecule has 0 saturated heterocycles. The van der Waals surface area contributed by atoms with Gasteiger partial charge < -0.3 is 4.74 Å². The van der Waals surface area contributed by atoms with Gasteiger partial charge in [-0.2, -0.15) is 0 Å². The molecule has 0 spiro atoms. The Bertz CT molecular complexity index is 586. The van der Waals surface area contributed by atoms with Gasteiger partial charge in [0.1, 0.15) is 5.75 Å². The van der Waals surface area contributed by atoms with E-state index in [4.69, 9.17) is 4.74 Å². The van der Waals surface area contributed by atoms with Crippen molar-refractivity contribution >= 4 is 0 Å². The zero-order chi connectivity index (χ0) is 16.5. The Balaban J connectivity index is 2.26. The number of hydrogen-bond acceptors (Lipinski definition) is 1. The fourth-order valence-electron chi connectivity index (χ4n) is 3.11. The summed E-state index contributed by atoms with van der Waals surface area (Å²) in [5.41, 5.74) is 5.50. The molecule has 1 nitrogen and oxygen atoms in total. The molecule has 0 unspecified atom stereocenters. The molecular formula is C22H30O. The van der Waals surface area contributed by atoms with Crippen molar-refractivity contribution in [3.05, 3.63) is 64.7 Å². The first-order valence-corrected chi connectivity index (χ1v) is 9.03. The Morgan fingerprint density at radius 2 is 1.70 bits per heavy atom. The minimum Gasteiger partial charge on any atom is -0.494 e. The fourth-order valence-corrected chi connectivity index (χ4v) is 3.11. The van der Waals surface area contributed by atoms with Gasteiger partial charge in [-0.1, -0.05) is 62.6 Å². The lowest BCUT2D eigenvalue weighted by atomic mass is 9.93. The molecule has 0 aliphatic rings. The van der Waals surface area contributed by atoms with Crippen LogP contribution in [0.4, 0.5) is 0 Å². The molecule has 0 amide bonds. The first kappa shape index (κ1) is 17.6. The number of unbranched alkanes of at least 4 members (excludes halogenated alkanes) is 3. The fraction of sp³-hybridized carbons (Fsp3) is 0.455. The van der Waals surface area contributed by atoms with Crippen molar-refractivity contribution in [3.8, 4) is 5.75 Å². The van der Waals surface area contributed by atoms with Gasteiger partial charge in [0.05, 0.1) is 6.61 Å². The van der Waals surface area contributed by atoms with Gasteiger partial charge in [-0.15, -0.1) is 0 Å². The van der Waals surface area contributed by atoms with E-state index in [9.17, 15) is 0 Å². The quantitative estimate of drug-likeness (QED) is 0.508. The lowest BCUT2D eigenvalue weighted by molar-refractivity contribution is 0.336. The van der Waals surface area contributed by atoms with Crippen molar-refractivity contribution in [1.29, 1.82) is 0 Å². The Labute approximate surface area is 141 Å². The highest BCUT2D eigenvalue weighted by molar-refractivity contribution is 5.46. The molecule has 2 aromatic rings. The van der Waals surface area contributed by atoms with Crippen LogP contribution in [-0.4, -0.2) is 6.61 Å². The van der Waals surface area contributed by atoms with E-state index >= 15 is 0 Å². The molecule has 0 bridgehead atoms. The second kappa shape index (κ2) is 9.39. The van der Waals surface area contributed by atoms with Crippen molar-refractivity contribution in [1.82, 2.24) is 0 Å². The van der Waals surface area contributed by atoms with Crippen molar-refractivity contribution in [3.63, 3.8) is 0 Å². The normalized spacial score (nSPS) is 10.7. The maximum Gasteiger partial charge on any atom is 0.123 e. The van der Waals surface area contributed by atoms with Crippen LogP contribution in [0.5, 0.6) is 5.75 Å². The summed E-state index contributed by atoms with van der Waals surface area (Å²) in [5, 5.41) is 0. The molecule has 2 aromatic carbocycles. The average molecular weight is 310 g/mol. The minimum absolute atomic E-state index is 0.723. The molecular weight excluding hydrogens is 280 g/mol. The van der Waals surface area contributed by atoms with Crippen LogP contribution in [0.25, 0.3) is 0 Å². The lowest BCUT2D eigenvalue weighted by Crippen LogP contribution is -2.03. The van der Waals surface area contributed by atoms with Crippen LogP contribution in [0, 0.1) is 6.92 Å². The van der Waals surface area contributed by atoms with Crippen molar-refractivity contribution < 1.29 is 4.74 Å². The number of aryl methyl sites for hydroxylation is 2. The van der Waals surface area contributed by atoms with Crippen LogP contribution >= 0.6 is 0 Å². The van der Waals surface area contributed by atoms with E-state index in [2.05, 4.69) is 63.2 Å². The molecule has 0 N–H and O–H groups in total. The van der Waals surface area contributed by atoms with Gasteiger partial charge in [0, 0.05) is 12.0 Å². The zero-order valence-corrected chi connectivity index (χ0v) is 14.9. The molecule has 2 rings (SSSR count). The average Bonchev–Trinajstić information content (AvgIpc) is 2.55. The van der Waals surface area contributed by atoms with Crippen LogP contribution in [0.15, 0.2) is 42.5 Å². The third kappa shape index (κ3) is 5.42. The van der Waals surface area contributed by atoms with Gasteiger partial charge in [0.25, 0.3) is 0 Å². The minimum atomic E-state index is 0.723. The number of rotatable bonds is 9. The lowest BCUT2D eigenvalue weighted by Gasteiger charge is -2.17. The molecule has 0 radical (unpaired) electrons. The molecule has 0 aliphatic heterocycles. The van der Waals surface area contributed by atoms with E-state index in [0.29, 0.717) is 0 Å². The molecule has 0 atom stereocenters. The molecule has 23 heavy (non-hydrogen) atoms. The van der Waals surface area contributed by atoms with E-state index in [-0.39, 0.29) is 0 Å². The van der Waals surface area contributed by atoms with Crippen molar-refractivity contribution in [2.75, 3.05) is 6.61 Å². The van der Waals surface area contributed by atoms with Crippen LogP contribution in [-0.2, 0) is 12.8 Å². The molecule has 1 heteroatoms. The summed E-state index contributed by atoms with van der Waals surface area (Å²) in [6.07, 6.45) is 7.32. The summed E-state index contributed by atoms with van der Waals surface area (Å²) in [4.78, 5) is 0. The number of ether oxygens (including phenoxy) is 1. The smallest absolute Gasteiger partial charge is 0.123 e. The van der Waals surface area contributed by atoms with E-state index < -0.39 is 0 Å². The van der Waals surface area contributed by atoms with Crippen LogP contribution in [0.3, 0.4) is 0 Å². The van der Waals surface area contributed by atoms with Crippen LogP contribution in [0.2, 0.25) is 0 Å². The standard InChI is InChI=1S/C22H30O/c1-4-6-7-11-14-20-15-18(3)16-22(23-5-2)21(20)17-19-12-9-8-10-13-19/h8-10,12-13,15-16H,4-7,11,14,17H2,1-3H3. The molecule has 124 valence electrons. The molecule has 0 aliphatic carbocycles. The van der Waals surface area contributed by atoms with E-state index in [1.807, 2.05) is 0 Å². The maximum absolute atomic E-state index is 5.96. The summed E-state index contributed by atoms with van der Waals surface area (Å²) < 4.78 is 5.96. The topological polar surface area (TPSA) is 9.23 Å². The van der Waals surface area contributed by atoms with Gasteiger partial charge in [-0.25, -0.2) is 0 Å². The highest BCUT2D eigenvalue weighted by Crippen LogP contribution is 2.29. The van der Waals surface area contributed by atoms with Crippen molar-refractivity contribution in [2.24, 2.45) is 0 Å². The first-order valence-electron chi connectivity index (χ1n) is 9.03. The van der Waals surface area contributed by atoms with Gasteiger partial charge >= 0.3 is 0 Å². The third-order valence-electron chi connectivity index (χ3n) is 4.27. The zero-order valence-electron chi connectivity index (χ0n) is 14.9. The second-order valence-electron chi connectivity index (χ2n) is 6.31. The Kier molecular flexibility index (Phi) is 7.19. The number of benzene rings is 2. The molecule has 0 aromatic heterocycles. The van der Waals surface area contributed by atoms with Crippen molar-refractivity contribution in [2.45, 2.75) is 59.3 Å². The van der Waals surface area contributed by atoms with Gasteiger partial charge in [-0.05, 0) is 49.4 Å². The summed E-state index contributed by atoms with van der Waals surface area (Å²) in [6.45, 7) is 7.22. The Morgan fingerprint density at radius 3 is 2.39 bits per heavy atom. The summed E-state index contributed by atoms with van der Waals surface area (Å²) in [6, 6.07) is 15.3. The highest BCUT2D eigenvalue weighted by atomic mass is 16.5. The molecule has 0 saturated carbocycles. The predicted octanol–water partition coefficient (Wildman–Crippen LogP) is 6.11. The largest absolute Gasteiger partial charge is 0.494 e. The Hall–Kier alpha value is -1.76. The van der Waals surface area contributed by atoms with E-state index in [0.717, 1.165) is 25.2 Å². The monoisotopic (exact) mass is 310 g/mol. The summed E-state index contributed by atoms with van der Waals surface area (Å²) in [5.74, 6) is 1.07. The maximum atomic E-state index is 5.96. The SMILES string of the molecule is CCCCCCc1cc(C)cc(OCC)c1Cc1ccccc1. The third-order valence-corrected chi connectivity index (χ3v) is 4.27.